The molecule has 0 fully saturated rings. The third-order valence-corrected chi connectivity index (χ3v) is 2.62. The minimum Gasteiger partial charge on any atom is -0.495 e. The summed E-state index contributed by atoms with van der Waals surface area (Å²) in [4.78, 5) is 4.47. The van der Waals surface area contributed by atoms with Crippen LogP contribution in [0, 0.1) is 0 Å². The fourth-order valence-electron chi connectivity index (χ4n) is 1.49. The van der Waals surface area contributed by atoms with Crippen molar-refractivity contribution >= 4 is 41.5 Å². The van der Waals surface area contributed by atoms with Gasteiger partial charge in [0.15, 0.2) is 5.96 Å². The van der Waals surface area contributed by atoms with E-state index < -0.39 is 0 Å². The van der Waals surface area contributed by atoms with E-state index in [0.717, 1.165) is 24.6 Å². The van der Waals surface area contributed by atoms with Gasteiger partial charge in [0.2, 0.25) is 0 Å². The first-order valence-corrected chi connectivity index (χ1v) is 6.43. The molecule has 19 heavy (non-hydrogen) atoms. The molecule has 4 nitrogen and oxygen atoms in total. The van der Waals surface area contributed by atoms with Crippen LogP contribution >= 0.6 is 35.6 Å². The molecule has 0 heterocycles. The SMILES string of the molecule is CCNC(=NCc1ccc(OC)c(Cl)c1)NCC.I. The highest BCUT2D eigenvalue weighted by Gasteiger charge is 2.01. The van der Waals surface area contributed by atoms with Crippen LogP contribution in [0.4, 0.5) is 0 Å². The fraction of sp³-hybridized carbons (Fsp3) is 0.462. The van der Waals surface area contributed by atoms with Gasteiger partial charge in [0.05, 0.1) is 18.7 Å². The molecule has 0 radical (unpaired) electrons. The topological polar surface area (TPSA) is 45.7 Å². The van der Waals surface area contributed by atoms with Gasteiger partial charge in [0.25, 0.3) is 0 Å². The zero-order valence-electron chi connectivity index (χ0n) is 11.5. The van der Waals surface area contributed by atoms with Crippen LogP contribution in [-0.4, -0.2) is 26.2 Å². The van der Waals surface area contributed by atoms with E-state index in [0.29, 0.717) is 17.3 Å². The van der Waals surface area contributed by atoms with Gasteiger partial charge < -0.3 is 15.4 Å². The van der Waals surface area contributed by atoms with Gasteiger partial charge in [0, 0.05) is 13.1 Å². The number of guanidine groups is 1. The molecule has 6 heteroatoms. The average Bonchev–Trinajstić information content (AvgIpc) is 2.36. The van der Waals surface area contributed by atoms with E-state index in [-0.39, 0.29) is 24.0 Å². The Bertz CT molecular complexity index is 405. The minimum atomic E-state index is 0. The van der Waals surface area contributed by atoms with Crippen LogP contribution < -0.4 is 15.4 Å². The van der Waals surface area contributed by atoms with E-state index in [2.05, 4.69) is 15.6 Å². The number of hydrogen-bond acceptors (Lipinski definition) is 2. The maximum atomic E-state index is 6.06. The minimum absolute atomic E-state index is 0. The number of hydrogen-bond donors (Lipinski definition) is 2. The Hall–Kier alpha value is -0.690. The standard InChI is InChI=1S/C13H20ClN3O.HI/c1-4-15-13(16-5-2)17-9-10-6-7-12(18-3)11(14)8-10;/h6-8H,4-5,9H2,1-3H3,(H2,15,16,17);1H. The summed E-state index contributed by atoms with van der Waals surface area (Å²) < 4.78 is 5.11. The van der Waals surface area contributed by atoms with Crippen LogP contribution in [0.25, 0.3) is 0 Å². The Kier molecular flexibility index (Phi) is 9.77. The molecule has 0 aliphatic heterocycles. The summed E-state index contributed by atoms with van der Waals surface area (Å²) in [6.45, 7) is 6.34. The molecule has 1 aromatic carbocycles. The van der Waals surface area contributed by atoms with Gasteiger partial charge in [-0.2, -0.15) is 0 Å². The first-order chi connectivity index (χ1) is 8.71. The second-order valence-electron chi connectivity index (χ2n) is 3.69. The van der Waals surface area contributed by atoms with Gasteiger partial charge in [0.1, 0.15) is 5.75 Å². The number of methoxy groups -OCH3 is 1. The highest BCUT2D eigenvalue weighted by atomic mass is 127. The summed E-state index contributed by atoms with van der Waals surface area (Å²) in [6.07, 6.45) is 0. The third kappa shape index (κ3) is 6.33. The van der Waals surface area contributed by atoms with Crippen molar-refractivity contribution in [2.45, 2.75) is 20.4 Å². The molecule has 0 aromatic heterocycles. The number of rotatable bonds is 5. The van der Waals surface area contributed by atoms with Crippen LogP contribution in [0.15, 0.2) is 23.2 Å². The molecule has 0 aliphatic carbocycles. The molecule has 0 unspecified atom stereocenters. The number of nitrogens with zero attached hydrogens (tertiary/aromatic N) is 1. The van der Waals surface area contributed by atoms with E-state index in [1.165, 1.54) is 0 Å². The van der Waals surface area contributed by atoms with Crippen LogP contribution in [-0.2, 0) is 6.54 Å². The lowest BCUT2D eigenvalue weighted by atomic mass is 10.2. The Morgan fingerprint density at radius 2 is 1.89 bits per heavy atom. The van der Waals surface area contributed by atoms with Crippen molar-refractivity contribution in [3.8, 4) is 5.75 Å². The van der Waals surface area contributed by atoms with Gasteiger partial charge in [-0.3, -0.25) is 0 Å². The quantitative estimate of drug-likeness (QED) is 0.456. The third-order valence-electron chi connectivity index (χ3n) is 2.32. The summed E-state index contributed by atoms with van der Waals surface area (Å²) in [5, 5.41) is 6.95. The maximum Gasteiger partial charge on any atom is 0.191 e. The molecule has 108 valence electrons. The lowest BCUT2D eigenvalue weighted by molar-refractivity contribution is 0.415. The first kappa shape index (κ1) is 18.3. The van der Waals surface area contributed by atoms with Crippen LogP contribution in [0.2, 0.25) is 5.02 Å². The fourth-order valence-corrected chi connectivity index (χ4v) is 1.77. The Morgan fingerprint density at radius 3 is 2.37 bits per heavy atom. The zero-order chi connectivity index (χ0) is 13.4. The Balaban J connectivity index is 0.00000324. The Labute approximate surface area is 137 Å². The van der Waals surface area contributed by atoms with Crippen molar-refractivity contribution in [1.82, 2.24) is 10.6 Å². The molecule has 0 spiro atoms. The van der Waals surface area contributed by atoms with Gasteiger partial charge in [-0.15, -0.1) is 24.0 Å². The van der Waals surface area contributed by atoms with Gasteiger partial charge >= 0.3 is 0 Å². The molecule has 1 rings (SSSR count). The van der Waals surface area contributed by atoms with Crippen molar-refractivity contribution in [1.29, 1.82) is 0 Å². The van der Waals surface area contributed by atoms with E-state index in [1.54, 1.807) is 7.11 Å². The highest BCUT2D eigenvalue weighted by molar-refractivity contribution is 14.0. The highest BCUT2D eigenvalue weighted by Crippen LogP contribution is 2.25. The number of nitrogens with one attached hydrogen (secondary N) is 2. The van der Waals surface area contributed by atoms with Gasteiger partial charge in [-0.1, -0.05) is 17.7 Å². The summed E-state index contributed by atoms with van der Waals surface area (Å²) >= 11 is 6.06. The zero-order valence-corrected chi connectivity index (χ0v) is 14.6. The maximum absolute atomic E-state index is 6.06. The van der Waals surface area contributed by atoms with Crippen molar-refractivity contribution in [3.63, 3.8) is 0 Å². The molecule has 0 bridgehead atoms. The first-order valence-electron chi connectivity index (χ1n) is 6.05. The lowest BCUT2D eigenvalue weighted by Crippen LogP contribution is -2.36. The average molecular weight is 398 g/mol. The number of halogens is 2. The molecule has 2 N–H and O–H groups in total. The van der Waals surface area contributed by atoms with Crippen molar-refractivity contribution < 1.29 is 4.74 Å². The van der Waals surface area contributed by atoms with Crippen molar-refractivity contribution in [2.24, 2.45) is 4.99 Å². The number of benzene rings is 1. The van der Waals surface area contributed by atoms with Crippen molar-refractivity contribution in [3.05, 3.63) is 28.8 Å². The molecule has 0 amide bonds. The Morgan fingerprint density at radius 1 is 1.26 bits per heavy atom. The smallest absolute Gasteiger partial charge is 0.191 e. The monoisotopic (exact) mass is 397 g/mol. The summed E-state index contributed by atoms with van der Waals surface area (Å²) in [7, 11) is 1.60. The lowest BCUT2D eigenvalue weighted by Gasteiger charge is -2.09. The van der Waals surface area contributed by atoms with Crippen LogP contribution in [0.1, 0.15) is 19.4 Å². The van der Waals surface area contributed by atoms with E-state index in [9.17, 15) is 0 Å². The largest absolute Gasteiger partial charge is 0.495 e. The normalized spacial score (nSPS) is 9.26. The predicted octanol–water partition coefficient (Wildman–Crippen LogP) is 3.04. The summed E-state index contributed by atoms with van der Waals surface area (Å²) in [5.74, 6) is 1.50. The van der Waals surface area contributed by atoms with E-state index >= 15 is 0 Å². The summed E-state index contributed by atoms with van der Waals surface area (Å²) in [5.41, 5.74) is 1.05. The molecular formula is C13H21ClIN3O. The molecule has 0 saturated carbocycles. The van der Waals surface area contributed by atoms with Crippen LogP contribution in [0.3, 0.4) is 0 Å². The van der Waals surface area contributed by atoms with Gasteiger partial charge in [-0.05, 0) is 31.5 Å². The molecular weight excluding hydrogens is 377 g/mol. The second-order valence-corrected chi connectivity index (χ2v) is 4.10. The second kappa shape index (κ2) is 10.1. The molecule has 1 aromatic rings. The number of aliphatic imine (C=N–C) groups is 1. The predicted molar refractivity (Wildman–Crippen MR) is 91.9 cm³/mol. The van der Waals surface area contributed by atoms with Crippen molar-refractivity contribution in [2.75, 3.05) is 20.2 Å². The molecule has 0 aliphatic rings. The summed E-state index contributed by atoms with van der Waals surface area (Å²) in [6, 6.07) is 5.69. The van der Waals surface area contributed by atoms with Gasteiger partial charge in [-0.25, -0.2) is 4.99 Å². The molecule has 0 saturated heterocycles. The van der Waals surface area contributed by atoms with E-state index in [1.807, 2.05) is 32.0 Å². The van der Waals surface area contributed by atoms with Crippen LogP contribution in [0.5, 0.6) is 5.75 Å². The number of ether oxygens (including phenoxy) is 1. The van der Waals surface area contributed by atoms with E-state index in [4.69, 9.17) is 16.3 Å². The molecule has 0 atom stereocenters.